The summed E-state index contributed by atoms with van der Waals surface area (Å²) in [7, 11) is 0. The Morgan fingerprint density at radius 2 is 2.05 bits per heavy atom. The highest BCUT2D eigenvalue weighted by Crippen LogP contribution is 2.28. The van der Waals surface area contributed by atoms with Gasteiger partial charge in [-0.1, -0.05) is 31.2 Å². The van der Waals surface area contributed by atoms with Gasteiger partial charge in [0.15, 0.2) is 0 Å². The Morgan fingerprint density at radius 1 is 1.33 bits per heavy atom. The summed E-state index contributed by atoms with van der Waals surface area (Å²) in [5.74, 6) is 0.122. The first-order valence-electron chi connectivity index (χ1n) is 7.82. The summed E-state index contributed by atoms with van der Waals surface area (Å²) in [5, 5.41) is 6.47. The lowest BCUT2D eigenvalue weighted by Gasteiger charge is -2.34. The van der Waals surface area contributed by atoms with Crippen LogP contribution in [0.3, 0.4) is 0 Å². The summed E-state index contributed by atoms with van der Waals surface area (Å²) < 4.78 is 5.40. The summed E-state index contributed by atoms with van der Waals surface area (Å²) in [6, 6.07) is 8.23. The molecule has 2 aliphatic heterocycles. The van der Waals surface area contributed by atoms with Crippen molar-refractivity contribution >= 4 is 5.91 Å². The van der Waals surface area contributed by atoms with Crippen LogP contribution in [0.5, 0.6) is 0 Å². The molecule has 0 aromatic heterocycles. The van der Waals surface area contributed by atoms with E-state index in [1.54, 1.807) is 0 Å². The van der Waals surface area contributed by atoms with Crippen molar-refractivity contribution in [1.82, 2.24) is 10.6 Å². The highest BCUT2D eigenvalue weighted by molar-refractivity contribution is 5.82. The molecule has 0 bridgehead atoms. The van der Waals surface area contributed by atoms with Crippen molar-refractivity contribution in [3.05, 3.63) is 35.4 Å². The van der Waals surface area contributed by atoms with Gasteiger partial charge in [0.2, 0.25) is 5.91 Å². The van der Waals surface area contributed by atoms with E-state index in [4.69, 9.17) is 4.74 Å². The second kappa shape index (κ2) is 6.16. The molecule has 3 rings (SSSR count). The van der Waals surface area contributed by atoms with Crippen LogP contribution < -0.4 is 10.6 Å². The smallest absolute Gasteiger partial charge is 0.237 e. The van der Waals surface area contributed by atoms with Crippen LogP contribution in [-0.2, 0) is 22.5 Å². The molecule has 2 aliphatic rings. The third kappa shape index (κ3) is 3.44. The first-order valence-corrected chi connectivity index (χ1v) is 7.82. The molecule has 1 aromatic rings. The molecule has 1 atom stereocenters. The molecule has 4 nitrogen and oxygen atoms in total. The normalized spacial score (nSPS) is 24.1. The number of benzene rings is 1. The number of hydrogen-bond donors (Lipinski definition) is 2. The van der Waals surface area contributed by atoms with Gasteiger partial charge in [0, 0.05) is 26.3 Å². The third-order valence-electron chi connectivity index (χ3n) is 4.79. The number of nitrogens with one attached hydrogen (secondary N) is 2. The molecule has 2 heterocycles. The average molecular weight is 288 g/mol. The molecule has 0 radical (unpaired) electrons. The minimum absolute atomic E-state index is 0.108. The van der Waals surface area contributed by atoms with Crippen LogP contribution in [0.4, 0.5) is 0 Å². The fraction of sp³-hybridized carbons (Fsp3) is 0.588. The summed E-state index contributed by atoms with van der Waals surface area (Å²) >= 11 is 0. The van der Waals surface area contributed by atoms with E-state index in [0.717, 1.165) is 45.6 Å². The summed E-state index contributed by atoms with van der Waals surface area (Å²) in [4.78, 5) is 12.4. The third-order valence-corrected chi connectivity index (χ3v) is 4.79. The lowest BCUT2D eigenvalue weighted by molar-refractivity contribution is -0.124. The zero-order valence-corrected chi connectivity index (χ0v) is 12.7. The number of ether oxygens (including phenoxy) is 1. The molecule has 2 N–H and O–H groups in total. The lowest BCUT2D eigenvalue weighted by atomic mass is 9.82. The fourth-order valence-electron chi connectivity index (χ4n) is 3.10. The Hall–Kier alpha value is -1.39. The van der Waals surface area contributed by atoms with Crippen LogP contribution in [0.1, 0.15) is 30.9 Å². The van der Waals surface area contributed by atoms with E-state index in [0.29, 0.717) is 0 Å². The molecule has 21 heavy (non-hydrogen) atoms. The standard InChI is InChI=1S/C17H24N2O2/c1-17(6-8-21-9-7-17)12-19-16(20)15-10-13-4-2-3-5-14(13)11-18-15/h2-5,15,18H,6-12H2,1H3,(H,19,20)/t15-/m0/s1. The summed E-state index contributed by atoms with van der Waals surface area (Å²) in [6.45, 7) is 5.37. The number of carbonyl (C=O) groups excluding carboxylic acids is 1. The van der Waals surface area contributed by atoms with Crippen molar-refractivity contribution in [3.8, 4) is 0 Å². The predicted molar refractivity (Wildman–Crippen MR) is 81.9 cm³/mol. The van der Waals surface area contributed by atoms with Gasteiger partial charge in [-0.2, -0.15) is 0 Å². The monoisotopic (exact) mass is 288 g/mol. The van der Waals surface area contributed by atoms with Gasteiger partial charge >= 0.3 is 0 Å². The van der Waals surface area contributed by atoms with Crippen molar-refractivity contribution in [2.75, 3.05) is 19.8 Å². The first kappa shape index (κ1) is 14.5. The van der Waals surface area contributed by atoms with Crippen molar-refractivity contribution in [3.63, 3.8) is 0 Å². The van der Waals surface area contributed by atoms with E-state index >= 15 is 0 Å². The van der Waals surface area contributed by atoms with Gasteiger partial charge < -0.3 is 15.4 Å². The SMILES string of the molecule is CC1(CNC(=O)[C@@H]2Cc3ccccc3CN2)CCOCC1. The Bertz CT molecular complexity index is 509. The molecule has 0 spiro atoms. The molecule has 4 heteroatoms. The highest BCUT2D eigenvalue weighted by atomic mass is 16.5. The van der Waals surface area contributed by atoms with Gasteiger partial charge in [-0.05, 0) is 35.8 Å². The van der Waals surface area contributed by atoms with Gasteiger partial charge in [-0.25, -0.2) is 0 Å². The van der Waals surface area contributed by atoms with Crippen LogP contribution in [0.25, 0.3) is 0 Å². The Morgan fingerprint density at radius 3 is 2.81 bits per heavy atom. The van der Waals surface area contributed by atoms with E-state index in [2.05, 4.69) is 29.7 Å². The van der Waals surface area contributed by atoms with E-state index < -0.39 is 0 Å². The Balaban J connectivity index is 1.55. The van der Waals surface area contributed by atoms with Crippen LogP contribution in [0.2, 0.25) is 0 Å². The zero-order valence-electron chi connectivity index (χ0n) is 12.7. The minimum Gasteiger partial charge on any atom is -0.381 e. The Kier molecular flexibility index (Phi) is 4.27. The maximum absolute atomic E-state index is 12.4. The van der Waals surface area contributed by atoms with Crippen molar-refractivity contribution < 1.29 is 9.53 Å². The Labute approximate surface area is 126 Å². The fourth-order valence-corrected chi connectivity index (χ4v) is 3.10. The van der Waals surface area contributed by atoms with Crippen LogP contribution in [-0.4, -0.2) is 31.7 Å². The lowest BCUT2D eigenvalue weighted by Crippen LogP contribution is -2.50. The largest absolute Gasteiger partial charge is 0.381 e. The zero-order chi connectivity index (χ0) is 14.7. The number of amides is 1. The average Bonchev–Trinajstić information content (AvgIpc) is 2.53. The number of hydrogen-bond acceptors (Lipinski definition) is 3. The van der Waals surface area contributed by atoms with Gasteiger partial charge in [0.25, 0.3) is 0 Å². The van der Waals surface area contributed by atoms with Crippen LogP contribution >= 0.6 is 0 Å². The van der Waals surface area contributed by atoms with Crippen LogP contribution in [0.15, 0.2) is 24.3 Å². The van der Waals surface area contributed by atoms with Gasteiger partial charge in [-0.15, -0.1) is 0 Å². The maximum atomic E-state index is 12.4. The molecule has 1 fully saturated rings. The summed E-state index contributed by atoms with van der Waals surface area (Å²) in [5.41, 5.74) is 2.77. The molecule has 0 saturated carbocycles. The quantitative estimate of drug-likeness (QED) is 0.889. The number of carbonyl (C=O) groups is 1. The molecule has 0 aliphatic carbocycles. The van der Waals surface area contributed by atoms with Crippen molar-refractivity contribution in [1.29, 1.82) is 0 Å². The second-order valence-electron chi connectivity index (χ2n) is 6.55. The van der Waals surface area contributed by atoms with E-state index in [1.807, 2.05) is 12.1 Å². The maximum Gasteiger partial charge on any atom is 0.237 e. The second-order valence-corrected chi connectivity index (χ2v) is 6.55. The number of rotatable bonds is 3. The molecular formula is C17H24N2O2. The van der Waals surface area contributed by atoms with Crippen LogP contribution in [0, 0.1) is 5.41 Å². The summed E-state index contributed by atoms with van der Waals surface area (Å²) in [6.07, 6.45) is 2.82. The van der Waals surface area contributed by atoms with E-state index in [1.165, 1.54) is 11.1 Å². The first-order chi connectivity index (χ1) is 10.2. The molecule has 114 valence electrons. The molecule has 0 unspecified atom stereocenters. The highest BCUT2D eigenvalue weighted by Gasteiger charge is 2.30. The van der Waals surface area contributed by atoms with Crippen molar-refractivity contribution in [2.24, 2.45) is 5.41 Å². The molecular weight excluding hydrogens is 264 g/mol. The van der Waals surface area contributed by atoms with Gasteiger partial charge in [0.1, 0.15) is 0 Å². The molecule has 1 saturated heterocycles. The van der Waals surface area contributed by atoms with E-state index in [9.17, 15) is 4.79 Å². The minimum atomic E-state index is -0.108. The van der Waals surface area contributed by atoms with Crippen molar-refractivity contribution in [2.45, 2.75) is 38.8 Å². The molecule has 1 amide bonds. The van der Waals surface area contributed by atoms with Gasteiger partial charge in [-0.3, -0.25) is 4.79 Å². The van der Waals surface area contributed by atoms with E-state index in [-0.39, 0.29) is 17.4 Å². The number of fused-ring (bicyclic) bond motifs is 1. The predicted octanol–water partition coefficient (Wildman–Crippen LogP) is 1.63. The van der Waals surface area contributed by atoms with Gasteiger partial charge in [0.05, 0.1) is 6.04 Å². The topological polar surface area (TPSA) is 50.4 Å². The molecule has 1 aromatic carbocycles.